The van der Waals surface area contributed by atoms with E-state index >= 15 is 0 Å². The molecule has 140 valence electrons. The Morgan fingerprint density at radius 3 is 2.46 bits per heavy atom. The molecule has 0 atom stereocenters. The van der Waals surface area contributed by atoms with E-state index in [-0.39, 0.29) is 23.8 Å². The van der Waals surface area contributed by atoms with Crippen molar-refractivity contribution in [2.45, 2.75) is 24.7 Å². The van der Waals surface area contributed by atoms with Crippen molar-refractivity contribution in [1.82, 2.24) is 4.31 Å². The van der Waals surface area contributed by atoms with Crippen LogP contribution < -0.4 is 5.32 Å². The molecule has 0 aliphatic heterocycles. The zero-order chi connectivity index (χ0) is 19.3. The minimum atomic E-state index is -3.70. The number of carbonyl (C=O) groups excluding carboxylic acids is 1. The van der Waals surface area contributed by atoms with Gasteiger partial charge in [-0.05, 0) is 71.2 Å². The van der Waals surface area contributed by atoms with Crippen molar-refractivity contribution < 1.29 is 17.6 Å². The maximum Gasteiger partial charge on any atom is 0.242 e. The van der Waals surface area contributed by atoms with Gasteiger partial charge in [0, 0.05) is 24.5 Å². The summed E-state index contributed by atoms with van der Waals surface area (Å²) in [7, 11) is -2.26. The van der Waals surface area contributed by atoms with Crippen LogP contribution >= 0.6 is 15.9 Å². The minimum Gasteiger partial charge on any atom is -0.325 e. The Labute approximate surface area is 161 Å². The van der Waals surface area contributed by atoms with Crippen LogP contribution in [0.1, 0.15) is 18.4 Å². The number of anilines is 1. The van der Waals surface area contributed by atoms with Crippen LogP contribution in [0.5, 0.6) is 0 Å². The van der Waals surface area contributed by atoms with Gasteiger partial charge in [-0.2, -0.15) is 0 Å². The number of aryl methyl sites for hydroxylation is 1. The van der Waals surface area contributed by atoms with Crippen LogP contribution in [0.3, 0.4) is 0 Å². The lowest BCUT2D eigenvalue weighted by molar-refractivity contribution is -0.116. The van der Waals surface area contributed by atoms with Crippen LogP contribution in [0.2, 0.25) is 0 Å². The SMILES string of the molecule is Cc1ccc(NC(=O)CCCN(C)S(=O)(=O)c2ccc(F)cc2)c(Br)c1. The number of sulfonamides is 1. The van der Waals surface area contributed by atoms with Gasteiger partial charge in [-0.1, -0.05) is 6.07 Å². The Balaban J connectivity index is 1.88. The molecule has 0 fully saturated rings. The summed E-state index contributed by atoms with van der Waals surface area (Å²) in [5.41, 5.74) is 1.75. The van der Waals surface area contributed by atoms with Gasteiger partial charge in [-0.3, -0.25) is 4.79 Å². The second kappa shape index (κ2) is 8.75. The molecule has 2 aromatic carbocycles. The number of hydrogen-bond donors (Lipinski definition) is 1. The highest BCUT2D eigenvalue weighted by molar-refractivity contribution is 9.10. The van der Waals surface area contributed by atoms with Crippen LogP contribution in [0.25, 0.3) is 0 Å². The van der Waals surface area contributed by atoms with Crippen LogP contribution in [0.4, 0.5) is 10.1 Å². The summed E-state index contributed by atoms with van der Waals surface area (Å²) in [6.07, 6.45) is 0.551. The molecular weight excluding hydrogens is 423 g/mol. The number of carbonyl (C=O) groups is 1. The highest BCUT2D eigenvalue weighted by Crippen LogP contribution is 2.23. The predicted molar refractivity (Wildman–Crippen MR) is 103 cm³/mol. The average molecular weight is 443 g/mol. The molecule has 0 spiro atoms. The Kier molecular flexibility index (Phi) is 6.91. The number of benzene rings is 2. The van der Waals surface area contributed by atoms with Crippen molar-refractivity contribution in [2.24, 2.45) is 0 Å². The quantitative estimate of drug-likeness (QED) is 0.705. The number of nitrogens with one attached hydrogen (secondary N) is 1. The van der Waals surface area contributed by atoms with E-state index in [2.05, 4.69) is 21.2 Å². The molecule has 0 heterocycles. The number of amides is 1. The fraction of sp³-hybridized carbons (Fsp3) is 0.278. The van der Waals surface area contributed by atoms with Gasteiger partial charge in [0.25, 0.3) is 0 Å². The molecule has 0 aliphatic rings. The number of rotatable bonds is 7. The van der Waals surface area contributed by atoms with E-state index in [1.165, 1.54) is 19.2 Å². The van der Waals surface area contributed by atoms with Crippen molar-refractivity contribution in [3.63, 3.8) is 0 Å². The Bertz CT molecular complexity index is 886. The van der Waals surface area contributed by atoms with Crippen LogP contribution in [-0.4, -0.2) is 32.2 Å². The number of halogens is 2. The standard InChI is InChI=1S/C18H20BrFN2O3S/c1-13-5-10-17(16(19)12-13)21-18(23)4-3-11-22(2)26(24,25)15-8-6-14(20)7-9-15/h5-10,12H,3-4,11H2,1-2H3,(H,21,23). The number of hydrogen-bond acceptors (Lipinski definition) is 3. The maximum atomic E-state index is 12.9. The molecule has 5 nitrogen and oxygen atoms in total. The predicted octanol–water partition coefficient (Wildman–Crippen LogP) is 3.94. The van der Waals surface area contributed by atoms with Crippen LogP contribution in [-0.2, 0) is 14.8 Å². The molecule has 0 radical (unpaired) electrons. The van der Waals surface area contributed by atoms with E-state index in [4.69, 9.17) is 0 Å². The molecule has 2 aromatic rings. The Morgan fingerprint density at radius 2 is 1.85 bits per heavy atom. The third-order valence-electron chi connectivity index (χ3n) is 3.80. The van der Waals surface area contributed by atoms with Crippen molar-refractivity contribution in [2.75, 3.05) is 18.9 Å². The summed E-state index contributed by atoms with van der Waals surface area (Å²) in [5.74, 6) is -0.687. The molecule has 0 aromatic heterocycles. The van der Waals surface area contributed by atoms with Gasteiger partial charge in [-0.25, -0.2) is 17.1 Å². The van der Waals surface area contributed by atoms with Crippen molar-refractivity contribution >= 4 is 37.5 Å². The zero-order valence-corrected chi connectivity index (χ0v) is 16.9. The first-order valence-corrected chi connectivity index (χ1v) is 10.2. The van der Waals surface area contributed by atoms with E-state index in [1.54, 1.807) is 0 Å². The Hall–Kier alpha value is -1.77. The smallest absolute Gasteiger partial charge is 0.242 e. The second-order valence-electron chi connectivity index (χ2n) is 5.92. The van der Waals surface area contributed by atoms with Gasteiger partial charge < -0.3 is 5.32 Å². The van der Waals surface area contributed by atoms with E-state index < -0.39 is 15.8 Å². The lowest BCUT2D eigenvalue weighted by Crippen LogP contribution is -2.28. The maximum absolute atomic E-state index is 12.9. The molecule has 2 rings (SSSR count). The van der Waals surface area contributed by atoms with Crippen LogP contribution in [0, 0.1) is 12.7 Å². The fourth-order valence-electron chi connectivity index (χ4n) is 2.30. The van der Waals surface area contributed by atoms with Gasteiger partial charge in [-0.15, -0.1) is 0 Å². The molecule has 26 heavy (non-hydrogen) atoms. The molecule has 0 bridgehead atoms. The van der Waals surface area contributed by atoms with E-state index in [9.17, 15) is 17.6 Å². The first kappa shape index (κ1) is 20.5. The summed E-state index contributed by atoms with van der Waals surface area (Å²) in [4.78, 5) is 12.1. The molecule has 8 heteroatoms. The number of nitrogens with zero attached hydrogens (tertiary/aromatic N) is 1. The molecule has 0 unspecified atom stereocenters. The van der Waals surface area contributed by atoms with Gasteiger partial charge >= 0.3 is 0 Å². The lowest BCUT2D eigenvalue weighted by atomic mass is 10.2. The summed E-state index contributed by atoms with van der Waals surface area (Å²) in [6, 6.07) is 10.3. The summed E-state index contributed by atoms with van der Waals surface area (Å²) in [5, 5.41) is 2.79. The Morgan fingerprint density at radius 1 is 1.19 bits per heavy atom. The van der Waals surface area contributed by atoms with Crippen LogP contribution in [0.15, 0.2) is 51.8 Å². The third-order valence-corrected chi connectivity index (χ3v) is 6.32. The van der Waals surface area contributed by atoms with E-state index in [1.807, 2.05) is 25.1 Å². The monoisotopic (exact) mass is 442 g/mol. The molecule has 0 saturated carbocycles. The molecule has 1 amide bonds. The summed E-state index contributed by atoms with van der Waals surface area (Å²) < 4.78 is 39.7. The van der Waals surface area contributed by atoms with Crippen molar-refractivity contribution in [1.29, 1.82) is 0 Å². The molecule has 1 N–H and O–H groups in total. The second-order valence-corrected chi connectivity index (χ2v) is 8.81. The van der Waals surface area contributed by atoms with Crippen molar-refractivity contribution in [3.05, 3.63) is 58.3 Å². The first-order chi connectivity index (χ1) is 12.2. The van der Waals surface area contributed by atoms with E-state index in [0.29, 0.717) is 12.1 Å². The molecule has 0 aliphatic carbocycles. The largest absolute Gasteiger partial charge is 0.325 e. The zero-order valence-electron chi connectivity index (χ0n) is 14.5. The van der Waals surface area contributed by atoms with Gasteiger partial charge in [0.2, 0.25) is 15.9 Å². The van der Waals surface area contributed by atoms with Crippen molar-refractivity contribution in [3.8, 4) is 0 Å². The average Bonchev–Trinajstić information content (AvgIpc) is 2.57. The molecular formula is C18H20BrFN2O3S. The molecule has 0 saturated heterocycles. The van der Waals surface area contributed by atoms with Gasteiger partial charge in [0.15, 0.2) is 0 Å². The highest BCUT2D eigenvalue weighted by atomic mass is 79.9. The third kappa shape index (κ3) is 5.36. The lowest BCUT2D eigenvalue weighted by Gasteiger charge is -2.17. The van der Waals surface area contributed by atoms with E-state index in [0.717, 1.165) is 26.5 Å². The highest BCUT2D eigenvalue weighted by Gasteiger charge is 2.20. The minimum absolute atomic E-state index is 0.0226. The first-order valence-electron chi connectivity index (χ1n) is 7.98. The fourth-order valence-corrected chi connectivity index (χ4v) is 4.10. The normalized spacial score (nSPS) is 11.6. The van der Waals surface area contributed by atoms with Gasteiger partial charge in [0.1, 0.15) is 5.82 Å². The summed E-state index contributed by atoms with van der Waals surface area (Å²) >= 11 is 3.40. The topological polar surface area (TPSA) is 66.5 Å². The summed E-state index contributed by atoms with van der Waals surface area (Å²) in [6.45, 7) is 2.13. The van der Waals surface area contributed by atoms with Gasteiger partial charge in [0.05, 0.1) is 10.6 Å².